The Morgan fingerprint density at radius 3 is 1.29 bits per heavy atom. The summed E-state index contributed by atoms with van der Waals surface area (Å²) in [5.74, 6) is -2.30. The second-order valence-electron chi connectivity index (χ2n) is 21.3. The van der Waals surface area contributed by atoms with Crippen LogP contribution >= 0.6 is 0 Å². The van der Waals surface area contributed by atoms with Crippen molar-refractivity contribution in [2.24, 2.45) is 22.3 Å². The highest BCUT2D eigenvalue weighted by molar-refractivity contribution is 5.96. The summed E-state index contributed by atoms with van der Waals surface area (Å²) in [6.07, 6.45) is 0.633. The van der Waals surface area contributed by atoms with Gasteiger partial charge in [-0.25, -0.2) is 9.59 Å². The molecule has 4 heterocycles. The second-order valence-corrected chi connectivity index (χ2v) is 21.3. The van der Waals surface area contributed by atoms with Crippen molar-refractivity contribution in [3.63, 3.8) is 0 Å². The number of amides is 6. The van der Waals surface area contributed by atoms with Crippen molar-refractivity contribution >= 4 is 47.2 Å². The molecule has 4 saturated heterocycles. The lowest BCUT2D eigenvalue weighted by molar-refractivity contribution is -0.150. The summed E-state index contributed by atoms with van der Waals surface area (Å²) in [5.41, 5.74) is 13.2. The van der Waals surface area contributed by atoms with Crippen molar-refractivity contribution in [1.82, 2.24) is 19.6 Å². The Morgan fingerprint density at radius 1 is 0.594 bits per heavy atom. The molecule has 0 aromatic heterocycles. The van der Waals surface area contributed by atoms with E-state index in [9.17, 15) is 39.0 Å². The van der Waals surface area contributed by atoms with Crippen molar-refractivity contribution in [2.45, 2.75) is 115 Å². The summed E-state index contributed by atoms with van der Waals surface area (Å²) in [6.45, 7) is 14.2. The lowest BCUT2D eigenvalue weighted by Gasteiger charge is -2.43. The highest BCUT2D eigenvalue weighted by Gasteiger charge is 2.55. The molecule has 3 aromatic carbocycles. The lowest BCUT2D eigenvalue weighted by atomic mass is 9.81. The maximum Gasteiger partial charge on any atom is 0.407 e. The first kappa shape index (κ1) is 50.5. The second kappa shape index (κ2) is 19.2. The minimum absolute atomic E-state index is 0.126. The Balaban J connectivity index is 1.24. The van der Waals surface area contributed by atoms with Gasteiger partial charge in [-0.05, 0) is 95.9 Å². The molecule has 4 aliphatic rings. The van der Waals surface area contributed by atoms with E-state index in [1.54, 1.807) is 41.5 Å². The molecule has 0 unspecified atom stereocenters. The summed E-state index contributed by atoms with van der Waals surface area (Å²) in [7, 11) is 2.74. The number of rotatable bonds is 12. The van der Waals surface area contributed by atoms with Gasteiger partial charge in [0.2, 0.25) is 23.6 Å². The zero-order chi connectivity index (χ0) is 50.4. The molecule has 0 spiro atoms. The minimum Gasteiger partial charge on any atom is -0.465 e. The molecule has 4 fully saturated rings. The highest BCUT2D eigenvalue weighted by Crippen LogP contribution is 2.49. The van der Waals surface area contributed by atoms with Crippen molar-refractivity contribution in [3.8, 4) is 0 Å². The molecule has 372 valence electrons. The van der Waals surface area contributed by atoms with E-state index in [-0.39, 0.29) is 25.2 Å². The fourth-order valence-electron chi connectivity index (χ4n) is 11.8. The summed E-state index contributed by atoms with van der Waals surface area (Å²) in [5, 5.41) is 19.9. The maximum atomic E-state index is 14.4. The molecule has 4 aliphatic heterocycles. The van der Waals surface area contributed by atoms with E-state index in [1.807, 2.05) is 48.5 Å². The average molecular weight is 951 g/mol. The summed E-state index contributed by atoms with van der Waals surface area (Å²) in [6, 6.07) is 21.6. The standard InChI is InChI=1S/C52H70N8O9/c1-49(2,3)41(55(7)47(65)66)43(61)58-27-9-25-51(58,45(53)63)35-15-11-33(12-16-35)39-23-24-40(60(39)38-21-19-37(20-22-38)57-29-31-69-32-30-57)34-13-17-36(18-14-34)52(46(54)64)26-10-28-59(52)44(62)42(50(4,5)6)56(8)48(67)68/h11-22,39-42H,9-10,23-32H2,1-8H3,(H2,53,63)(H2,54,64)(H,65,66)(H,67,68)/t39-,40-,41-,42-,51+,52+/m1/s1. The molecule has 17 nitrogen and oxygen atoms in total. The van der Waals surface area contributed by atoms with Gasteiger partial charge < -0.3 is 46.0 Å². The number of ether oxygens (including phenoxy) is 1. The van der Waals surface area contributed by atoms with E-state index in [0.717, 1.165) is 58.2 Å². The molecule has 0 bridgehead atoms. The summed E-state index contributed by atoms with van der Waals surface area (Å²) < 4.78 is 5.60. The number of carbonyl (C=O) groups excluding carboxylic acids is 4. The number of morpholine rings is 1. The van der Waals surface area contributed by atoms with Crippen molar-refractivity contribution in [3.05, 3.63) is 95.1 Å². The minimum atomic E-state index is -1.48. The highest BCUT2D eigenvalue weighted by atomic mass is 16.5. The van der Waals surface area contributed by atoms with E-state index in [4.69, 9.17) is 16.2 Å². The van der Waals surface area contributed by atoms with Crippen LogP contribution in [-0.4, -0.2) is 131 Å². The Morgan fingerprint density at radius 2 is 0.957 bits per heavy atom. The predicted molar refractivity (Wildman–Crippen MR) is 261 cm³/mol. The lowest BCUT2D eigenvalue weighted by Crippen LogP contribution is -2.61. The van der Waals surface area contributed by atoms with Crippen LogP contribution in [0.15, 0.2) is 72.8 Å². The molecule has 0 aliphatic carbocycles. The average Bonchev–Trinajstić information content (AvgIpc) is 4.07. The van der Waals surface area contributed by atoms with Crippen LogP contribution in [0.3, 0.4) is 0 Å². The van der Waals surface area contributed by atoms with Gasteiger partial charge in [0.15, 0.2) is 0 Å². The topological polar surface area (TPSA) is 224 Å². The number of likely N-dealkylation sites (tertiary alicyclic amines) is 2. The molecule has 6 amide bonds. The molecule has 3 aromatic rings. The molecule has 17 heteroatoms. The quantitative estimate of drug-likeness (QED) is 0.159. The zero-order valence-corrected chi connectivity index (χ0v) is 41.3. The van der Waals surface area contributed by atoms with Gasteiger partial charge in [-0.3, -0.25) is 29.0 Å². The predicted octanol–water partition coefficient (Wildman–Crippen LogP) is 6.26. The third-order valence-electron chi connectivity index (χ3n) is 15.1. The van der Waals surface area contributed by atoms with Crippen LogP contribution in [0.25, 0.3) is 0 Å². The molecule has 69 heavy (non-hydrogen) atoms. The molecule has 6 atom stereocenters. The third kappa shape index (κ3) is 9.17. The number of carboxylic acid groups (broad SMARTS) is 2. The SMILES string of the molecule is CN(C(=O)O)[C@H](C(=O)N1CCC[C@@]1(C(N)=O)c1ccc([C@H]2CC[C@H](c3ccc([C@]4(C(N)=O)CCCN4C(=O)[C@@H](N(C)C(=O)O)C(C)(C)C)cc3)N2c2ccc(N3CCOCC3)cc2)cc1)C(C)(C)C. The number of benzene rings is 3. The van der Waals surface area contributed by atoms with Crippen LogP contribution < -0.4 is 21.3 Å². The van der Waals surface area contributed by atoms with Crippen molar-refractivity contribution in [1.29, 1.82) is 0 Å². The van der Waals surface area contributed by atoms with Gasteiger partial charge >= 0.3 is 12.2 Å². The maximum absolute atomic E-state index is 14.4. The monoisotopic (exact) mass is 951 g/mol. The Kier molecular flexibility index (Phi) is 14.1. The van der Waals surface area contributed by atoms with Crippen LogP contribution in [0.2, 0.25) is 0 Å². The fraction of sp³-hybridized carbons (Fsp3) is 0.538. The largest absolute Gasteiger partial charge is 0.465 e. The molecule has 0 saturated carbocycles. The molecule has 0 radical (unpaired) electrons. The number of carbonyl (C=O) groups is 6. The van der Waals surface area contributed by atoms with Crippen molar-refractivity contribution in [2.75, 3.05) is 63.3 Å². The molecule has 7 rings (SSSR count). The molecular weight excluding hydrogens is 881 g/mol. The van der Waals surface area contributed by atoms with Crippen molar-refractivity contribution < 1.29 is 43.7 Å². The van der Waals surface area contributed by atoms with Crippen LogP contribution in [0.1, 0.15) is 114 Å². The van der Waals surface area contributed by atoms with Gasteiger partial charge in [0.25, 0.3) is 0 Å². The van der Waals surface area contributed by atoms with Gasteiger partial charge in [-0.1, -0.05) is 90.1 Å². The number of hydrogen-bond acceptors (Lipinski definition) is 9. The number of likely N-dealkylation sites (N-methyl/N-ethyl adjacent to an activating group) is 2. The first-order valence-corrected chi connectivity index (χ1v) is 24.0. The van der Waals surface area contributed by atoms with E-state index in [2.05, 4.69) is 34.1 Å². The van der Waals surface area contributed by atoms with E-state index in [1.165, 1.54) is 23.9 Å². The van der Waals surface area contributed by atoms with Crippen LogP contribution in [0.5, 0.6) is 0 Å². The van der Waals surface area contributed by atoms with Gasteiger partial charge in [-0.15, -0.1) is 0 Å². The third-order valence-corrected chi connectivity index (χ3v) is 15.1. The molecular formula is C52H70N8O9. The van der Waals surface area contributed by atoms with Crippen LogP contribution in [0.4, 0.5) is 21.0 Å². The van der Waals surface area contributed by atoms with Gasteiger partial charge in [0.05, 0.1) is 25.3 Å². The smallest absolute Gasteiger partial charge is 0.407 e. The Bertz CT molecular complexity index is 2270. The normalized spacial score (nSPS) is 23.9. The Hall–Kier alpha value is -6.36. The number of nitrogens with two attached hydrogens (primary N) is 2. The van der Waals surface area contributed by atoms with Crippen LogP contribution in [-0.2, 0) is 35.0 Å². The first-order valence-electron chi connectivity index (χ1n) is 24.0. The zero-order valence-electron chi connectivity index (χ0n) is 41.3. The first-order chi connectivity index (χ1) is 32.5. The van der Waals surface area contributed by atoms with E-state index < -0.39 is 69.8 Å². The number of anilines is 2. The Labute approximate surface area is 405 Å². The number of nitrogens with zero attached hydrogens (tertiary/aromatic N) is 6. The van der Waals surface area contributed by atoms with Crippen LogP contribution in [0, 0.1) is 10.8 Å². The van der Waals surface area contributed by atoms with E-state index in [0.29, 0.717) is 50.0 Å². The molecule has 6 N–H and O–H groups in total. The van der Waals surface area contributed by atoms with Gasteiger partial charge in [0, 0.05) is 51.6 Å². The van der Waals surface area contributed by atoms with Gasteiger partial charge in [0.1, 0.15) is 23.2 Å². The number of primary amides is 2. The van der Waals surface area contributed by atoms with E-state index >= 15 is 0 Å². The summed E-state index contributed by atoms with van der Waals surface area (Å²) in [4.78, 5) is 90.3. The van der Waals surface area contributed by atoms with Gasteiger partial charge in [-0.2, -0.15) is 0 Å². The fourth-order valence-corrected chi connectivity index (χ4v) is 11.8. The summed E-state index contributed by atoms with van der Waals surface area (Å²) >= 11 is 0. The number of hydrogen-bond donors (Lipinski definition) is 4.